The molecule has 20 heavy (non-hydrogen) atoms. The quantitative estimate of drug-likeness (QED) is 0.715. The highest BCUT2D eigenvalue weighted by Gasteiger charge is 2.26. The third-order valence-corrected chi connectivity index (χ3v) is 4.11. The Balaban J connectivity index is 1.65. The predicted molar refractivity (Wildman–Crippen MR) is 72.0 cm³/mol. The van der Waals surface area contributed by atoms with Crippen molar-refractivity contribution >= 4 is 17.2 Å². The number of H-pyrrole nitrogens is 3. The van der Waals surface area contributed by atoms with E-state index in [1.54, 1.807) is 10.3 Å². The van der Waals surface area contributed by atoms with Crippen molar-refractivity contribution in [1.29, 1.82) is 0 Å². The van der Waals surface area contributed by atoms with E-state index in [2.05, 4.69) is 20.2 Å². The van der Waals surface area contributed by atoms with E-state index in [-0.39, 0.29) is 22.4 Å². The number of amides is 1. The molecule has 1 aliphatic rings. The standard InChI is InChI=1S/C11H13N5O3S/c17-9(7-5-20-11(19)12-7)16-3-1-6(2-4-16)8-13-10(18)15-14-8/h5-6H,1-4H2,(H,12,19)(H2,13,14,15,18). The van der Waals surface area contributed by atoms with Crippen LogP contribution in [0.4, 0.5) is 0 Å². The first kappa shape index (κ1) is 12.9. The minimum absolute atomic E-state index is 0.152. The molecular formula is C11H13N5O3S. The van der Waals surface area contributed by atoms with Crippen molar-refractivity contribution in [1.82, 2.24) is 25.1 Å². The normalized spacial score (nSPS) is 16.5. The molecule has 0 aromatic carbocycles. The highest BCUT2D eigenvalue weighted by molar-refractivity contribution is 7.07. The van der Waals surface area contributed by atoms with Crippen LogP contribution in [0.1, 0.15) is 35.1 Å². The fourth-order valence-electron chi connectivity index (χ4n) is 2.39. The second kappa shape index (κ2) is 5.08. The molecule has 3 heterocycles. The van der Waals surface area contributed by atoms with Crippen LogP contribution in [0, 0.1) is 0 Å². The van der Waals surface area contributed by atoms with Gasteiger partial charge in [-0.25, -0.2) is 9.89 Å². The number of aromatic nitrogens is 4. The highest BCUT2D eigenvalue weighted by Crippen LogP contribution is 2.25. The minimum Gasteiger partial charge on any atom is -0.337 e. The zero-order valence-corrected chi connectivity index (χ0v) is 11.3. The van der Waals surface area contributed by atoms with Crippen LogP contribution in [0.5, 0.6) is 0 Å². The minimum atomic E-state index is -0.311. The lowest BCUT2D eigenvalue weighted by Gasteiger charge is -2.30. The van der Waals surface area contributed by atoms with Gasteiger partial charge >= 0.3 is 10.6 Å². The predicted octanol–water partition coefficient (Wildman–Crippen LogP) is -0.132. The summed E-state index contributed by atoms with van der Waals surface area (Å²) in [5.41, 5.74) is 0.0287. The average molecular weight is 295 g/mol. The van der Waals surface area contributed by atoms with Gasteiger partial charge in [-0.15, -0.1) is 0 Å². The fourth-order valence-corrected chi connectivity index (χ4v) is 2.94. The molecule has 1 amide bonds. The number of hydrogen-bond donors (Lipinski definition) is 3. The van der Waals surface area contributed by atoms with Crippen LogP contribution in [0.3, 0.4) is 0 Å². The number of rotatable bonds is 2. The van der Waals surface area contributed by atoms with Gasteiger partial charge in [0.2, 0.25) is 0 Å². The van der Waals surface area contributed by atoms with E-state index in [4.69, 9.17) is 0 Å². The maximum absolute atomic E-state index is 12.1. The van der Waals surface area contributed by atoms with Crippen LogP contribution < -0.4 is 10.6 Å². The summed E-state index contributed by atoms with van der Waals surface area (Å²) in [6, 6.07) is 0. The lowest BCUT2D eigenvalue weighted by Crippen LogP contribution is -2.38. The maximum Gasteiger partial charge on any atom is 0.340 e. The van der Waals surface area contributed by atoms with Gasteiger partial charge in [0, 0.05) is 24.4 Å². The van der Waals surface area contributed by atoms with Crippen molar-refractivity contribution in [2.24, 2.45) is 0 Å². The zero-order chi connectivity index (χ0) is 14.1. The summed E-state index contributed by atoms with van der Waals surface area (Å²) in [5.74, 6) is 0.642. The Morgan fingerprint density at radius 3 is 2.60 bits per heavy atom. The lowest BCUT2D eigenvalue weighted by atomic mass is 9.96. The van der Waals surface area contributed by atoms with Gasteiger partial charge in [0.25, 0.3) is 5.91 Å². The van der Waals surface area contributed by atoms with Crippen LogP contribution >= 0.6 is 11.3 Å². The topological polar surface area (TPSA) is 115 Å². The Kier molecular flexibility index (Phi) is 3.26. The lowest BCUT2D eigenvalue weighted by molar-refractivity contribution is 0.0706. The molecule has 0 atom stereocenters. The SMILES string of the molecule is O=C(c1csc(=O)[nH]1)N1CCC(c2n[nH]c(=O)[nH]2)CC1. The number of nitrogens with one attached hydrogen (secondary N) is 3. The second-order valence-corrected chi connectivity index (χ2v) is 5.53. The van der Waals surface area contributed by atoms with Crippen molar-refractivity contribution < 1.29 is 4.79 Å². The number of piperidine rings is 1. The molecule has 3 rings (SSSR count). The molecule has 3 N–H and O–H groups in total. The van der Waals surface area contributed by atoms with Crippen LogP contribution in [0.15, 0.2) is 15.0 Å². The third-order valence-electron chi connectivity index (χ3n) is 3.44. The molecule has 9 heteroatoms. The van der Waals surface area contributed by atoms with E-state index in [1.807, 2.05) is 0 Å². The summed E-state index contributed by atoms with van der Waals surface area (Å²) in [5, 5.41) is 7.82. The van der Waals surface area contributed by atoms with E-state index < -0.39 is 0 Å². The molecule has 0 saturated carbocycles. The molecule has 0 unspecified atom stereocenters. The number of thiazole rings is 1. The van der Waals surface area contributed by atoms with Crippen molar-refractivity contribution in [2.75, 3.05) is 13.1 Å². The van der Waals surface area contributed by atoms with Gasteiger partial charge in [0.1, 0.15) is 11.5 Å². The van der Waals surface area contributed by atoms with E-state index in [1.165, 1.54) is 0 Å². The third kappa shape index (κ3) is 2.44. The highest BCUT2D eigenvalue weighted by atomic mass is 32.1. The zero-order valence-electron chi connectivity index (χ0n) is 10.5. The molecule has 0 radical (unpaired) electrons. The van der Waals surface area contributed by atoms with Gasteiger partial charge in [-0.05, 0) is 12.8 Å². The number of likely N-dealkylation sites (tertiary alicyclic amines) is 1. The van der Waals surface area contributed by atoms with E-state index in [0.717, 1.165) is 24.2 Å². The molecule has 8 nitrogen and oxygen atoms in total. The van der Waals surface area contributed by atoms with Crippen molar-refractivity contribution in [2.45, 2.75) is 18.8 Å². The second-order valence-electron chi connectivity index (χ2n) is 4.69. The van der Waals surface area contributed by atoms with E-state index >= 15 is 0 Å². The summed E-state index contributed by atoms with van der Waals surface area (Å²) in [7, 11) is 0. The molecule has 0 spiro atoms. The molecular weight excluding hydrogens is 282 g/mol. The van der Waals surface area contributed by atoms with Gasteiger partial charge in [-0.1, -0.05) is 11.3 Å². The Morgan fingerprint density at radius 1 is 1.30 bits per heavy atom. The van der Waals surface area contributed by atoms with Crippen molar-refractivity contribution in [3.63, 3.8) is 0 Å². The van der Waals surface area contributed by atoms with Gasteiger partial charge < -0.3 is 9.88 Å². The molecule has 2 aromatic heterocycles. The smallest absolute Gasteiger partial charge is 0.337 e. The Bertz CT molecular complexity index is 718. The Morgan fingerprint density at radius 2 is 2.05 bits per heavy atom. The fraction of sp³-hybridized carbons (Fsp3) is 0.455. The van der Waals surface area contributed by atoms with Crippen molar-refractivity contribution in [3.05, 3.63) is 37.1 Å². The molecule has 1 fully saturated rings. The van der Waals surface area contributed by atoms with Gasteiger partial charge in [-0.3, -0.25) is 14.6 Å². The summed E-state index contributed by atoms with van der Waals surface area (Å²) >= 11 is 0.984. The van der Waals surface area contributed by atoms with Gasteiger partial charge in [0.15, 0.2) is 0 Å². The van der Waals surface area contributed by atoms with Gasteiger partial charge in [-0.2, -0.15) is 5.10 Å². The van der Waals surface area contributed by atoms with E-state index in [0.29, 0.717) is 24.6 Å². The molecule has 1 saturated heterocycles. The first-order valence-corrected chi connectivity index (χ1v) is 7.13. The maximum atomic E-state index is 12.1. The summed E-state index contributed by atoms with van der Waals surface area (Å²) < 4.78 is 0. The summed E-state index contributed by atoms with van der Waals surface area (Å²) in [6.45, 7) is 1.16. The van der Waals surface area contributed by atoms with Crippen LogP contribution in [-0.2, 0) is 0 Å². The average Bonchev–Trinajstić information content (AvgIpc) is 3.07. The number of carbonyl (C=O) groups is 1. The molecule has 2 aromatic rings. The number of aromatic amines is 3. The van der Waals surface area contributed by atoms with Crippen LogP contribution in [0.25, 0.3) is 0 Å². The monoisotopic (exact) mass is 295 g/mol. The first-order chi connectivity index (χ1) is 9.63. The first-order valence-electron chi connectivity index (χ1n) is 6.25. The van der Waals surface area contributed by atoms with E-state index in [9.17, 15) is 14.4 Å². The number of hydrogen-bond acceptors (Lipinski definition) is 5. The number of nitrogens with zero attached hydrogens (tertiary/aromatic N) is 2. The molecule has 0 bridgehead atoms. The number of carbonyl (C=O) groups excluding carboxylic acids is 1. The Labute approximate surface area is 116 Å². The van der Waals surface area contributed by atoms with Crippen molar-refractivity contribution in [3.8, 4) is 0 Å². The van der Waals surface area contributed by atoms with Crippen LogP contribution in [-0.4, -0.2) is 44.1 Å². The summed E-state index contributed by atoms with van der Waals surface area (Å²) in [6.07, 6.45) is 1.47. The van der Waals surface area contributed by atoms with Crippen LogP contribution in [0.2, 0.25) is 0 Å². The summed E-state index contributed by atoms with van der Waals surface area (Å²) in [4.78, 5) is 40.9. The molecule has 1 aliphatic heterocycles. The molecule has 106 valence electrons. The Hall–Kier alpha value is -2.16. The van der Waals surface area contributed by atoms with Gasteiger partial charge in [0.05, 0.1) is 0 Å². The molecule has 0 aliphatic carbocycles. The largest absolute Gasteiger partial charge is 0.340 e.